The van der Waals surface area contributed by atoms with Crippen LogP contribution in [0.2, 0.25) is 0 Å². The molecule has 5 heteroatoms. The molecule has 0 amide bonds. The van der Waals surface area contributed by atoms with E-state index in [1.807, 2.05) is 11.3 Å². The van der Waals surface area contributed by atoms with Gasteiger partial charge in [0.1, 0.15) is 6.61 Å². The Bertz CT molecular complexity index is 593. The van der Waals surface area contributed by atoms with Gasteiger partial charge in [-0.05, 0) is 31.9 Å². The van der Waals surface area contributed by atoms with Crippen LogP contribution in [0.5, 0.6) is 0 Å². The lowest BCUT2D eigenvalue weighted by molar-refractivity contribution is -0.00265. The van der Waals surface area contributed by atoms with Crippen molar-refractivity contribution in [2.75, 3.05) is 6.61 Å². The Morgan fingerprint density at radius 1 is 1.58 bits per heavy atom. The fourth-order valence-electron chi connectivity index (χ4n) is 2.31. The van der Waals surface area contributed by atoms with E-state index in [-0.39, 0.29) is 18.2 Å². The van der Waals surface area contributed by atoms with Crippen LogP contribution in [-0.4, -0.2) is 34.2 Å². The van der Waals surface area contributed by atoms with Gasteiger partial charge < -0.3 is 13.9 Å². The molecule has 5 nitrogen and oxygen atoms in total. The fourth-order valence-corrected chi connectivity index (χ4v) is 2.31. The summed E-state index contributed by atoms with van der Waals surface area (Å²) in [5.74, 6) is -0.313. The average molecular weight is 260 g/mol. The zero-order valence-electron chi connectivity index (χ0n) is 10.8. The number of hydrogen-bond donors (Lipinski definition) is 0. The second-order valence-electron chi connectivity index (χ2n) is 4.89. The van der Waals surface area contributed by atoms with Gasteiger partial charge in [0.15, 0.2) is 0 Å². The van der Waals surface area contributed by atoms with Crippen molar-refractivity contribution in [2.45, 2.75) is 32.0 Å². The van der Waals surface area contributed by atoms with Crippen molar-refractivity contribution in [1.82, 2.24) is 9.38 Å². The smallest absolute Gasteiger partial charge is 0.338 e. The molecule has 1 aliphatic rings. The van der Waals surface area contributed by atoms with Crippen molar-refractivity contribution in [2.24, 2.45) is 0 Å². The third-order valence-electron chi connectivity index (χ3n) is 3.37. The number of ether oxygens (including phenoxy) is 2. The summed E-state index contributed by atoms with van der Waals surface area (Å²) in [6.07, 6.45) is 7.49. The van der Waals surface area contributed by atoms with E-state index >= 15 is 0 Å². The normalized spacial score (nSPS) is 22.8. The summed E-state index contributed by atoms with van der Waals surface area (Å²) >= 11 is 0. The summed E-state index contributed by atoms with van der Waals surface area (Å²) in [6, 6.07) is 3.50. The minimum absolute atomic E-state index is 0.0395. The van der Waals surface area contributed by atoms with Crippen LogP contribution >= 0.6 is 0 Å². The zero-order chi connectivity index (χ0) is 13.2. The average Bonchev–Trinajstić information content (AvgIpc) is 3.03. The molecule has 2 aromatic heterocycles. The number of esters is 1. The first-order valence-electron chi connectivity index (χ1n) is 6.46. The minimum Gasteiger partial charge on any atom is -0.459 e. The van der Waals surface area contributed by atoms with Gasteiger partial charge >= 0.3 is 5.97 Å². The molecule has 0 aliphatic carbocycles. The predicted molar refractivity (Wildman–Crippen MR) is 69.0 cm³/mol. The summed E-state index contributed by atoms with van der Waals surface area (Å²) in [6.45, 7) is 2.36. The lowest BCUT2D eigenvalue weighted by Gasteiger charge is -2.11. The van der Waals surface area contributed by atoms with Gasteiger partial charge in [-0.15, -0.1) is 0 Å². The minimum atomic E-state index is -0.313. The highest BCUT2D eigenvalue weighted by molar-refractivity contribution is 5.90. The molecule has 0 radical (unpaired) electrons. The molecule has 19 heavy (non-hydrogen) atoms. The summed E-state index contributed by atoms with van der Waals surface area (Å²) in [5.41, 5.74) is 1.42. The third-order valence-corrected chi connectivity index (χ3v) is 3.37. The SMILES string of the molecule is C[C@@H]1CC[C@@H](COC(=O)c2ccn3cncc3c2)O1. The summed E-state index contributed by atoms with van der Waals surface area (Å²) in [5, 5.41) is 0. The molecule has 0 saturated carbocycles. The number of pyridine rings is 1. The number of carbonyl (C=O) groups is 1. The topological polar surface area (TPSA) is 52.8 Å². The quantitative estimate of drug-likeness (QED) is 0.793. The first kappa shape index (κ1) is 12.2. The molecule has 0 aromatic carbocycles. The standard InChI is InChI=1S/C14H16N2O3/c1-10-2-3-13(19-10)8-18-14(17)11-4-5-16-9-15-7-12(16)6-11/h4-7,9-10,13H,2-3,8H2,1H3/t10-,13+/m1/s1. The summed E-state index contributed by atoms with van der Waals surface area (Å²) in [7, 11) is 0. The molecule has 0 N–H and O–H groups in total. The van der Waals surface area contributed by atoms with E-state index < -0.39 is 0 Å². The van der Waals surface area contributed by atoms with Gasteiger partial charge in [0.25, 0.3) is 0 Å². The van der Waals surface area contributed by atoms with Crippen molar-refractivity contribution in [3.05, 3.63) is 36.4 Å². The Labute approximate surface area is 111 Å². The second kappa shape index (κ2) is 5.01. The molecule has 100 valence electrons. The van der Waals surface area contributed by atoms with Gasteiger partial charge in [0.05, 0.1) is 35.8 Å². The molecule has 3 rings (SSSR count). The van der Waals surface area contributed by atoms with Gasteiger partial charge in [0, 0.05) is 6.20 Å². The Morgan fingerprint density at radius 2 is 2.47 bits per heavy atom. The van der Waals surface area contributed by atoms with E-state index in [0.29, 0.717) is 12.2 Å². The first-order chi connectivity index (χ1) is 9.22. The van der Waals surface area contributed by atoms with Crippen molar-refractivity contribution in [3.8, 4) is 0 Å². The maximum absolute atomic E-state index is 11.9. The van der Waals surface area contributed by atoms with Crippen LogP contribution in [0.25, 0.3) is 5.52 Å². The van der Waals surface area contributed by atoms with Crippen LogP contribution < -0.4 is 0 Å². The number of imidazole rings is 1. The Hall–Kier alpha value is -1.88. The summed E-state index contributed by atoms with van der Waals surface area (Å²) in [4.78, 5) is 16.0. The van der Waals surface area contributed by atoms with Crippen LogP contribution in [0.1, 0.15) is 30.1 Å². The van der Waals surface area contributed by atoms with Crippen LogP contribution in [-0.2, 0) is 9.47 Å². The zero-order valence-corrected chi connectivity index (χ0v) is 10.8. The van der Waals surface area contributed by atoms with Gasteiger partial charge in [-0.3, -0.25) is 0 Å². The third kappa shape index (κ3) is 2.61. The van der Waals surface area contributed by atoms with Gasteiger partial charge in [-0.25, -0.2) is 9.78 Å². The molecule has 0 bridgehead atoms. The van der Waals surface area contributed by atoms with E-state index in [1.165, 1.54) is 0 Å². The van der Waals surface area contributed by atoms with Crippen LogP contribution in [0.15, 0.2) is 30.9 Å². The van der Waals surface area contributed by atoms with Crippen LogP contribution in [0, 0.1) is 0 Å². The second-order valence-corrected chi connectivity index (χ2v) is 4.89. The van der Waals surface area contributed by atoms with Crippen molar-refractivity contribution >= 4 is 11.5 Å². The molecule has 0 unspecified atom stereocenters. The van der Waals surface area contributed by atoms with Crippen LogP contribution in [0.4, 0.5) is 0 Å². The van der Waals surface area contributed by atoms with E-state index in [0.717, 1.165) is 18.4 Å². The number of nitrogens with zero attached hydrogens (tertiary/aromatic N) is 2. The maximum Gasteiger partial charge on any atom is 0.338 e. The number of hydrogen-bond acceptors (Lipinski definition) is 4. The van der Waals surface area contributed by atoms with E-state index in [2.05, 4.69) is 4.98 Å². The van der Waals surface area contributed by atoms with Crippen molar-refractivity contribution < 1.29 is 14.3 Å². The molecule has 2 atom stereocenters. The lowest BCUT2D eigenvalue weighted by Crippen LogP contribution is -2.19. The van der Waals surface area contributed by atoms with E-state index in [4.69, 9.17) is 9.47 Å². The number of rotatable bonds is 3. The van der Waals surface area contributed by atoms with Gasteiger partial charge in [-0.2, -0.15) is 0 Å². The number of fused-ring (bicyclic) bond motifs is 1. The lowest BCUT2D eigenvalue weighted by atomic mass is 10.2. The first-order valence-corrected chi connectivity index (χ1v) is 6.46. The summed E-state index contributed by atoms with van der Waals surface area (Å²) < 4.78 is 12.8. The largest absolute Gasteiger partial charge is 0.459 e. The van der Waals surface area contributed by atoms with Crippen molar-refractivity contribution in [3.63, 3.8) is 0 Å². The monoisotopic (exact) mass is 260 g/mol. The van der Waals surface area contributed by atoms with E-state index in [9.17, 15) is 4.79 Å². The van der Waals surface area contributed by atoms with E-state index in [1.54, 1.807) is 30.9 Å². The Balaban J connectivity index is 1.63. The highest BCUT2D eigenvalue weighted by Crippen LogP contribution is 2.19. The van der Waals surface area contributed by atoms with Gasteiger partial charge in [0.2, 0.25) is 0 Å². The predicted octanol–water partition coefficient (Wildman–Crippen LogP) is 2.06. The van der Waals surface area contributed by atoms with Crippen molar-refractivity contribution in [1.29, 1.82) is 0 Å². The Morgan fingerprint density at radius 3 is 3.26 bits per heavy atom. The van der Waals surface area contributed by atoms with Crippen LogP contribution in [0.3, 0.4) is 0 Å². The number of carbonyl (C=O) groups excluding carboxylic acids is 1. The fraction of sp³-hybridized carbons (Fsp3) is 0.429. The van der Waals surface area contributed by atoms with Gasteiger partial charge in [-0.1, -0.05) is 0 Å². The number of aromatic nitrogens is 2. The molecule has 1 fully saturated rings. The highest BCUT2D eigenvalue weighted by Gasteiger charge is 2.23. The maximum atomic E-state index is 11.9. The molecule has 1 aliphatic heterocycles. The molecule has 1 saturated heterocycles. The molecule has 2 aromatic rings. The molecule has 0 spiro atoms. The molecular formula is C14H16N2O3. The molecule has 3 heterocycles. The highest BCUT2D eigenvalue weighted by atomic mass is 16.6. The molecular weight excluding hydrogens is 244 g/mol. The Kier molecular flexibility index (Phi) is 3.21.